The highest BCUT2D eigenvalue weighted by Crippen LogP contribution is 2.26. The minimum atomic E-state index is -2.11. The minimum absolute atomic E-state index is 0.175. The number of para-hydroxylation sites is 1. The number of hydrogen-bond donors (Lipinski definition) is 1. The summed E-state index contributed by atoms with van der Waals surface area (Å²) in [5, 5.41) is 21.6. The van der Waals surface area contributed by atoms with Crippen molar-refractivity contribution in [3.63, 3.8) is 0 Å². The fourth-order valence-electron chi connectivity index (χ4n) is 2.34. The molecular weight excluding hydrogens is 302 g/mol. The van der Waals surface area contributed by atoms with Crippen LogP contribution >= 0.6 is 0 Å². The number of hydrogen-bond acceptors (Lipinski definition) is 6. The second kappa shape index (κ2) is 8.38. The predicted octanol–water partition coefficient (Wildman–Crippen LogP) is 2.19. The highest BCUT2D eigenvalue weighted by Gasteiger charge is 2.40. The summed E-state index contributed by atoms with van der Waals surface area (Å²) in [5.74, 6) is -1.25. The van der Waals surface area contributed by atoms with E-state index in [0.29, 0.717) is 6.42 Å². The summed E-state index contributed by atoms with van der Waals surface area (Å²) in [4.78, 5) is 34.3. The van der Waals surface area contributed by atoms with Crippen LogP contribution in [0.3, 0.4) is 0 Å². The molecule has 7 nitrogen and oxygen atoms in total. The van der Waals surface area contributed by atoms with Gasteiger partial charge in [-0.3, -0.25) is 14.9 Å². The molecule has 0 spiro atoms. The number of benzene rings is 1. The van der Waals surface area contributed by atoms with Gasteiger partial charge in [-0.1, -0.05) is 31.5 Å². The molecule has 0 bridgehead atoms. The van der Waals surface area contributed by atoms with Gasteiger partial charge in [0.25, 0.3) is 5.69 Å². The lowest BCUT2D eigenvalue weighted by atomic mass is 9.87. The number of carbonyl (C=O) groups excluding carboxylic acids is 2. The van der Waals surface area contributed by atoms with Gasteiger partial charge in [-0.2, -0.15) is 0 Å². The maximum Gasteiger partial charge on any atom is 0.338 e. The lowest BCUT2D eigenvalue weighted by Crippen LogP contribution is -2.44. The Morgan fingerprint density at radius 2 is 2.00 bits per heavy atom. The van der Waals surface area contributed by atoms with Crippen molar-refractivity contribution >= 4 is 17.4 Å². The van der Waals surface area contributed by atoms with Gasteiger partial charge < -0.3 is 9.84 Å². The molecule has 0 aliphatic heterocycles. The SMILES string of the molecule is CCCCC(=O)C[C@](O)(Cc1ccccc1[N+](=O)[O-])C(=O)OC. The molecule has 0 aliphatic carbocycles. The number of nitro groups is 1. The summed E-state index contributed by atoms with van der Waals surface area (Å²) in [6.07, 6.45) is 0.932. The third-order valence-corrected chi connectivity index (χ3v) is 3.54. The van der Waals surface area contributed by atoms with Gasteiger partial charge in [-0.15, -0.1) is 0 Å². The predicted molar refractivity (Wildman–Crippen MR) is 82.9 cm³/mol. The summed E-state index contributed by atoms with van der Waals surface area (Å²) < 4.78 is 4.58. The molecule has 1 aromatic rings. The van der Waals surface area contributed by atoms with E-state index >= 15 is 0 Å². The number of rotatable bonds is 9. The van der Waals surface area contributed by atoms with Crippen LogP contribution in [0.1, 0.15) is 38.2 Å². The molecule has 0 aliphatic rings. The zero-order chi connectivity index (χ0) is 17.5. The molecule has 1 rings (SSSR count). The van der Waals surface area contributed by atoms with Crippen LogP contribution in [0.15, 0.2) is 24.3 Å². The van der Waals surface area contributed by atoms with Crippen LogP contribution in [-0.4, -0.2) is 34.5 Å². The third kappa shape index (κ3) is 5.14. The zero-order valence-electron chi connectivity index (χ0n) is 13.3. The number of ketones is 1. The Labute approximate surface area is 134 Å². The number of nitrogens with zero attached hydrogens (tertiary/aromatic N) is 1. The summed E-state index contributed by atoms with van der Waals surface area (Å²) >= 11 is 0. The molecule has 0 unspecified atom stereocenters. The van der Waals surface area contributed by atoms with Crippen LogP contribution < -0.4 is 0 Å². The Kier molecular flexibility index (Phi) is 6.84. The van der Waals surface area contributed by atoms with Crippen molar-refractivity contribution in [1.82, 2.24) is 0 Å². The topological polar surface area (TPSA) is 107 Å². The first-order valence-corrected chi connectivity index (χ1v) is 7.39. The molecule has 0 fully saturated rings. The molecule has 1 aromatic carbocycles. The molecule has 126 valence electrons. The Hall–Kier alpha value is -2.28. The highest BCUT2D eigenvalue weighted by molar-refractivity contribution is 5.89. The molecule has 23 heavy (non-hydrogen) atoms. The quantitative estimate of drug-likeness (QED) is 0.424. The van der Waals surface area contributed by atoms with Gasteiger partial charge in [0.05, 0.1) is 12.0 Å². The van der Waals surface area contributed by atoms with Gasteiger partial charge in [0.1, 0.15) is 5.78 Å². The van der Waals surface area contributed by atoms with Crippen molar-refractivity contribution in [2.45, 2.75) is 44.6 Å². The molecular formula is C16H21NO6. The first kappa shape index (κ1) is 18.8. The van der Waals surface area contributed by atoms with Crippen LogP contribution in [0.5, 0.6) is 0 Å². The number of esters is 1. The van der Waals surface area contributed by atoms with Gasteiger partial charge in [0.15, 0.2) is 5.60 Å². The van der Waals surface area contributed by atoms with Crippen LogP contribution in [0.4, 0.5) is 5.69 Å². The molecule has 7 heteroatoms. The molecule has 0 radical (unpaired) electrons. The van der Waals surface area contributed by atoms with E-state index in [9.17, 15) is 24.8 Å². The van der Waals surface area contributed by atoms with Crippen LogP contribution in [0.25, 0.3) is 0 Å². The molecule has 0 saturated carbocycles. The van der Waals surface area contributed by atoms with E-state index in [2.05, 4.69) is 4.74 Å². The average Bonchev–Trinajstić information content (AvgIpc) is 2.52. The van der Waals surface area contributed by atoms with Crippen molar-refractivity contribution < 1.29 is 24.4 Å². The van der Waals surface area contributed by atoms with Crippen LogP contribution in [0, 0.1) is 10.1 Å². The van der Waals surface area contributed by atoms with Crippen LogP contribution in [0.2, 0.25) is 0 Å². The Balaban J connectivity index is 3.06. The standard InChI is InChI=1S/C16H21NO6/c1-3-4-8-13(18)11-16(20,15(19)23-2)10-12-7-5-6-9-14(12)17(21)22/h5-7,9,20H,3-4,8,10-11H2,1-2H3/t16-/m1/s1. The van der Waals surface area contributed by atoms with Crippen LogP contribution in [-0.2, 0) is 20.7 Å². The fraction of sp³-hybridized carbons (Fsp3) is 0.500. The second-order valence-electron chi connectivity index (χ2n) is 5.40. The van der Waals surface area contributed by atoms with Crippen molar-refractivity contribution in [2.24, 2.45) is 0 Å². The maximum absolute atomic E-state index is 11.9. The van der Waals surface area contributed by atoms with Gasteiger partial charge in [-0.05, 0) is 6.42 Å². The van der Waals surface area contributed by atoms with E-state index in [0.717, 1.165) is 13.5 Å². The number of nitro benzene ring substituents is 1. The molecule has 0 amide bonds. The van der Waals surface area contributed by atoms with E-state index in [1.807, 2.05) is 6.92 Å². The number of ether oxygens (including phenoxy) is 1. The van der Waals surface area contributed by atoms with E-state index < -0.39 is 22.9 Å². The van der Waals surface area contributed by atoms with Crippen molar-refractivity contribution in [2.75, 3.05) is 7.11 Å². The van der Waals surface area contributed by atoms with E-state index in [-0.39, 0.29) is 29.9 Å². The molecule has 0 heterocycles. The van der Waals surface area contributed by atoms with E-state index in [1.54, 1.807) is 6.07 Å². The third-order valence-electron chi connectivity index (χ3n) is 3.54. The Bertz CT molecular complexity index is 586. The first-order chi connectivity index (χ1) is 10.8. The van der Waals surface area contributed by atoms with Gasteiger partial charge in [0.2, 0.25) is 0 Å². The smallest absolute Gasteiger partial charge is 0.338 e. The van der Waals surface area contributed by atoms with Gasteiger partial charge >= 0.3 is 5.97 Å². The second-order valence-corrected chi connectivity index (χ2v) is 5.40. The van der Waals surface area contributed by atoms with Crippen molar-refractivity contribution in [3.05, 3.63) is 39.9 Å². The molecule has 0 aromatic heterocycles. The van der Waals surface area contributed by atoms with Gasteiger partial charge in [0, 0.05) is 30.9 Å². The van der Waals surface area contributed by atoms with Gasteiger partial charge in [-0.25, -0.2) is 4.79 Å². The Morgan fingerprint density at radius 1 is 1.35 bits per heavy atom. The number of carbonyl (C=O) groups is 2. The summed E-state index contributed by atoms with van der Waals surface area (Å²) in [6.45, 7) is 1.92. The average molecular weight is 323 g/mol. The maximum atomic E-state index is 11.9. The highest BCUT2D eigenvalue weighted by atomic mass is 16.6. The molecule has 0 saturated heterocycles. The van der Waals surface area contributed by atoms with E-state index in [1.165, 1.54) is 18.2 Å². The lowest BCUT2D eigenvalue weighted by molar-refractivity contribution is -0.385. The number of methoxy groups -OCH3 is 1. The summed E-state index contributed by atoms with van der Waals surface area (Å²) in [5.41, 5.74) is -2.14. The Morgan fingerprint density at radius 3 is 2.57 bits per heavy atom. The zero-order valence-corrected chi connectivity index (χ0v) is 13.3. The fourth-order valence-corrected chi connectivity index (χ4v) is 2.34. The summed E-state index contributed by atoms with van der Waals surface area (Å²) in [7, 11) is 1.10. The number of aliphatic hydroxyl groups is 1. The lowest BCUT2D eigenvalue weighted by Gasteiger charge is -2.24. The molecule has 1 atom stereocenters. The van der Waals surface area contributed by atoms with E-state index in [4.69, 9.17) is 0 Å². The number of unbranched alkanes of at least 4 members (excludes halogenated alkanes) is 1. The largest absolute Gasteiger partial charge is 0.467 e. The number of Topliss-reactive ketones (excluding diaryl/α,β-unsaturated/α-hetero) is 1. The first-order valence-electron chi connectivity index (χ1n) is 7.39. The van der Waals surface area contributed by atoms with Crippen molar-refractivity contribution in [1.29, 1.82) is 0 Å². The normalized spacial score (nSPS) is 13.2. The van der Waals surface area contributed by atoms with Crippen molar-refractivity contribution in [3.8, 4) is 0 Å². The monoisotopic (exact) mass is 323 g/mol. The minimum Gasteiger partial charge on any atom is -0.467 e. The summed E-state index contributed by atoms with van der Waals surface area (Å²) in [6, 6.07) is 5.79. The molecule has 1 N–H and O–H groups in total.